The molecule has 4 heterocycles. The van der Waals surface area contributed by atoms with Gasteiger partial charge >= 0.3 is 6.01 Å². The Balaban J connectivity index is 1.33. The van der Waals surface area contributed by atoms with E-state index >= 15 is 0 Å². The van der Waals surface area contributed by atoms with Crippen LogP contribution >= 0.6 is 0 Å². The lowest BCUT2D eigenvalue weighted by Gasteiger charge is -2.28. The number of carbonyl (C=O) groups is 1. The number of nitrogens with one attached hydrogen (secondary N) is 2. The average Bonchev–Trinajstić information content (AvgIpc) is 3.55. The first-order chi connectivity index (χ1) is 17.5. The number of benzene rings is 1. The summed E-state index contributed by atoms with van der Waals surface area (Å²) in [6.07, 6.45) is 5.32. The highest BCUT2D eigenvalue weighted by Gasteiger charge is 2.23. The number of likely N-dealkylation sites (tertiary alicyclic amines) is 1. The van der Waals surface area contributed by atoms with Crippen LogP contribution in [0, 0.1) is 5.92 Å². The van der Waals surface area contributed by atoms with Crippen LogP contribution in [0.5, 0.6) is 6.01 Å². The summed E-state index contributed by atoms with van der Waals surface area (Å²) in [4.78, 5) is 24.4. The molecule has 0 bridgehead atoms. The molecule has 2 aromatic heterocycles. The normalized spacial score (nSPS) is 19.3. The van der Waals surface area contributed by atoms with Gasteiger partial charge in [-0.15, -0.1) is 0 Å². The van der Waals surface area contributed by atoms with Crippen LogP contribution in [0.3, 0.4) is 0 Å². The van der Waals surface area contributed by atoms with E-state index < -0.39 is 0 Å². The number of ketones is 1. The zero-order valence-corrected chi connectivity index (χ0v) is 21.5. The summed E-state index contributed by atoms with van der Waals surface area (Å²) >= 11 is 0. The number of anilines is 1. The Kier molecular flexibility index (Phi) is 7.48. The van der Waals surface area contributed by atoms with Gasteiger partial charge in [0.05, 0.1) is 6.20 Å². The van der Waals surface area contributed by atoms with Crippen LogP contribution in [0.1, 0.15) is 55.7 Å². The Morgan fingerprint density at radius 3 is 2.75 bits per heavy atom. The van der Waals surface area contributed by atoms with E-state index in [-0.39, 0.29) is 17.9 Å². The van der Waals surface area contributed by atoms with E-state index in [4.69, 9.17) is 14.7 Å². The number of hydrogen-bond donors (Lipinski definition) is 2. The highest BCUT2D eigenvalue weighted by molar-refractivity contribution is 5.83. The van der Waals surface area contributed by atoms with Crippen molar-refractivity contribution in [3.05, 3.63) is 47.2 Å². The van der Waals surface area contributed by atoms with Crippen LogP contribution in [-0.2, 0) is 17.8 Å². The Morgan fingerprint density at radius 2 is 2.00 bits per heavy atom. The summed E-state index contributed by atoms with van der Waals surface area (Å²) in [5, 5.41) is 11.3. The second-order valence-corrected chi connectivity index (χ2v) is 10.4. The van der Waals surface area contributed by atoms with Gasteiger partial charge in [-0.3, -0.25) is 4.79 Å². The summed E-state index contributed by atoms with van der Waals surface area (Å²) in [6.45, 7) is 8.59. The van der Waals surface area contributed by atoms with Crippen molar-refractivity contribution in [2.45, 2.75) is 58.1 Å². The number of carbonyl (C=O) groups excluding carboxylic acids is 1. The third kappa shape index (κ3) is 5.68. The van der Waals surface area contributed by atoms with Gasteiger partial charge in [0.2, 0.25) is 5.95 Å². The van der Waals surface area contributed by atoms with Gasteiger partial charge in [-0.2, -0.15) is 19.6 Å². The maximum Gasteiger partial charge on any atom is 0.322 e. The van der Waals surface area contributed by atoms with Gasteiger partial charge in [-0.25, -0.2) is 0 Å². The molecule has 0 radical (unpaired) electrons. The minimum Gasteiger partial charge on any atom is -0.460 e. The standard InChI is InChI=1S/C27H37N7O2/c1-18(2)23-17-30-34-25(23)31-27(36-22-8-11-33(3)12-9-22)32-26(34)29-15-20-6-4-5-19(13-20)14-24(35)21-7-10-28-16-21/h4-6,13,17-18,21-22,28H,7-12,14-16H2,1-3H3,(H,29,31,32). The van der Waals surface area contributed by atoms with Crippen molar-refractivity contribution in [2.24, 2.45) is 5.92 Å². The molecule has 2 N–H and O–H groups in total. The molecular weight excluding hydrogens is 454 g/mol. The molecule has 0 spiro atoms. The lowest BCUT2D eigenvalue weighted by molar-refractivity contribution is -0.121. The molecule has 3 aromatic rings. The Labute approximate surface area is 212 Å². The number of nitrogens with zero attached hydrogens (tertiary/aromatic N) is 5. The fraction of sp³-hybridized carbons (Fsp3) is 0.556. The van der Waals surface area contributed by atoms with Crippen molar-refractivity contribution < 1.29 is 9.53 Å². The highest BCUT2D eigenvalue weighted by Crippen LogP contribution is 2.24. The Bertz CT molecular complexity index is 1190. The highest BCUT2D eigenvalue weighted by atomic mass is 16.5. The third-order valence-electron chi connectivity index (χ3n) is 7.27. The second-order valence-electron chi connectivity index (χ2n) is 10.4. The molecule has 0 saturated carbocycles. The van der Waals surface area contributed by atoms with E-state index in [0.717, 1.165) is 67.8 Å². The molecular formula is C27H37N7O2. The fourth-order valence-corrected chi connectivity index (χ4v) is 5.01. The van der Waals surface area contributed by atoms with E-state index in [1.807, 2.05) is 18.3 Å². The monoisotopic (exact) mass is 491 g/mol. The zero-order chi connectivity index (χ0) is 25.1. The SMILES string of the molecule is CC(C)c1cnn2c(NCc3cccc(CC(=O)C4CCNC4)c3)nc(OC3CCN(C)CC3)nc12. The van der Waals surface area contributed by atoms with Gasteiger partial charge in [-0.05, 0) is 49.9 Å². The van der Waals surface area contributed by atoms with E-state index in [2.05, 4.69) is 53.7 Å². The quantitative estimate of drug-likeness (QED) is 0.472. The number of rotatable bonds is 9. The van der Waals surface area contributed by atoms with Gasteiger partial charge in [-0.1, -0.05) is 38.1 Å². The number of ether oxygens (including phenoxy) is 1. The Morgan fingerprint density at radius 1 is 1.19 bits per heavy atom. The van der Waals surface area contributed by atoms with Crippen LogP contribution in [0.4, 0.5) is 5.95 Å². The molecule has 2 fully saturated rings. The van der Waals surface area contributed by atoms with Crippen LogP contribution in [0.25, 0.3) is 5.65 Å². The molecule has 36 heavy (non-hydrogen) atoms. The number of piperidine rings is 1. The maximum absolute atomic E-state index is 12.6. The van der Waals surface area contributed by atoms with Gasteiger partial charge in [0.1, 0.15) is 11.9 Å². The number of hydrogen-bond acceptors (Lipinski definition) is 8. The third-order valence-corrected chi connectivity index (χ3v) is 7.27. The lowest BCUT2D eigenvalue weighted by atomic mass is 9.96. The topological polar surface area (TPSA) is 96.7 Å². The maximum atomic E-state index is 12.6. The number of fused-ring (bicyclic) bond motifs is 1. The van der Waals surface area contributed by atoms with Crippen molar-refractivity contribution >= 4 is 17.4 Å². The summed E-state index contributed by atoms with van der Waals surface area (Å²) in [5.41, 5.74) is 3.97. The minimum absolute atomic E-state index is 0.117. The minimum atomic E-state index is 0.117. The molecule has 2 saturated heterocycles. The molecule has 2 aliphatic heterocycles. The van der Waals surface area contributed by atoms with Crippen LogP contribution in [0.2, 0.25) is 0 Å². The summed E-state index contributed by atoms with van der Waals surface area (Å²) in [6, 6.07) is 8.61. The molecule has 5 rings (SSSR count). The number of Topliss-reactive ketones (excluding diaryl/α,β-unsaturated/α-hetero) is 1. The van der Waals surface area contributed by atoms with E-state index in [0.29, 0.717) is 30.7 Å². The summed E-state index contributed by atoms with van der Waals surface area (Å²) in [5.74, 6) is 1.34. The summed E-state index contributed by atoms with van der Waals surface area (Å²) in [7, 11) is 2.14. The first kappa shape index (κ1) is 24.6. The largest absolute Gasteiger partial charge is 0.460 e. The zero-order valence-electron chi connectivity index (χ0n) is 21.5. The first-order valence-electron chi connectivity index (χ1n) is 13.1. The molecule has 192 valence electrons. The van der Waals surface area contributed by atoms with Crippen LogP contribution in [-0.4, -0.2) is 69.6 Å². The van der Waals surface area contributed by atoms with Crippen LogP contribution in [0.15, 0.2) is 30.5 Å². The van der Waals surface area contributed by atoms with Crippen molar-refractivity contribution in [3.8, 4) is 6.01 Å². The molecule has 0 aliphatic carbocycles. The fourth-order valence-electron chi connectivity index (χ4n) is 5.01. The molecule has 1 aromatic carbocycles. The van der Waals surface area contributed by atoms with Gasteiger partial charge in [0.25, 0.3) is 0 Å². The molecule has 9 nitrogen and oxygen atoms in total. The predicted octanol–water partition coefficient (Wildman–Crippen LogP) is 3.05. The van der Waals surface area contributed by atoms with Crippen molar-refractivity contribution in [2.75, 3.05) is 38.5 Å². The molecule has 1 atom stereocenters. The van der Waals surface area contributed by atoms with E-state index in [1.54, 1.807) is 4.52 Å². The van der Waals surface area contributed by atoms with Gasteiger partial charge in [0, 0.05) is 44.1 Å². The first-order valence-corrected chi connectivity index (χ1v) is 13.1. The van der Waals surface area contributed by atoms with Crippen LogP contribution < -0.4 is 15.4 Å². The molecule has 0 amide bonds. The molecule has 9 heteroatoms. The Hall–Kier alpha value is -3.04. The second kappa shape index (κ2) is 10.9. The van der Waals surface area contributed by atoms with Crippen molar-refractivity contribution in [1.29, 1.82) is 0 Å². The predicted molar refractivity (Wildman–Crippen MR) is 139 cm³/mol. The smallest absolute Gasteiger partial charge is 0.322 e. The number of aromatic nitrogens is 4. The van der Waals surface area contributed by atoms with Gasteiger partial charge in [0.15, 0.2) is 5.65 Å². The molecule has 1 unspecified atom stereocenters. The summed E-state index contributed by atoms with van der Waals surface area (Å²) < 4.78 is 8.01. The van der Waals surface area contributed by atoms with E-state index in [9.17, 15) is 4.79 Å². The van der Waals surface area contributed by atoms with Crippen molar-refractivity contribution in [1.82, 2.24) is 29.8 Å². The lowest BCUT2D eigenvalue weighted by Crippen LogP contribution is -2.36. The van der Waals surface area contributed by atoms with E-state index in [1.165, 1.54) is 0 Å². The average molecular weight is 492 g/mol. The van der Waals surface area contributed by atoms with Gasteiger partial charge < -0.3 is 20.3 Å². The molecule has 2 aliphatic rings. The van der Waals surface area contributed by atoms with Crippen molar-refractivity contribution in [3.63, 3.8) is 0 Å².